The molecule has 7 heteroatoms. The molecule has 0 saturated carbocycles. The minimum absolute atomic E-state index is 0.361. The summed E-state index contributed by atoms with van der Waals surface area (Å²) in [7, 11) is -2.55. The summed E-state index contributed by atoms with van der Waals surface area (Å²) in [4.78, 5) is 0. The van der Waals surface area contributed by atoms with Crippen molar-refractivity contribution in [3.05, 3.63) is 48.5 Å². The van der Waals surface area contributed by atoms with Crippen molar-refractivity contribution < 1.29 is 18.3 Å². The van der Waals surface area contributed by atoms with Crippen molar-refractivity contribution in [2.75, 3.05) is 12.5 Å². The lowest BCUT2D eigenvalue weighted by Gasteiger charge is -2.32. The lowest BCUT2D eigenvalue weighted by Crippen LogP contribution is -2.41. The minimum atomic E-state index is -2.17. The Labute approximate surface area is 162 Å². The smallest absolute Gasteiger partial charge is 0.457 e. The van der Waals surface area contributed by atoms with Crippen LogP contribution in [0.15, 0.2) is 52.9 Å². The zero-order valence-corrected chi connectivity index (χ0v) is 17.5. The number of hydrogen-bond donors (Lipinski definition) is 0. The van der Waals surface area contributed by atoms with Crippen LogP contribution >= 0.6 is 0 Å². The molecule has 1 heterocycles. The van der Waals surface area contributed by atoms with E-state index in [4.69, 9.17) is 14.0 Å². The first-order chi connectivity index (χ1) is 12.5. The second-order valence-electron chi connectivity index (χ2n) is 8.03. The van der Waals surface area contributed by atoms with Crippen molar-refractivity contribution in [1.29, 1.82) is 0 Å². The highest BCUT2D eigenvalue weighted by Crippen LogP contribution is 2.36. The molecule has 3 rings (SSSR count). The van der Waals surface area contributed by atoms with E-state index < -0.39 is 9.73 Å². The molecule has 0 N–H and O–H groups in total. The largest absolute Gasteiger partial charge is 0.494 e. The number of rotatable bonds is 4. The molecule has 1 aliphatic heterocycles. The lowest BCUT2D eigenvalue weighted by atomic mass is 9.79. The Balaban J connectivity index is 1.69. The number of benzene rings is 2. The van der Waals surface area contributed by atoms with E-state index in [0.717, 1.165) is 11.2 Å². The summed E-state index contributed by atoms with van der Waals surface area (Å²) < 4.78 is 33.9. The molecule has 0 unspecified atom stereocenters. The highest BCUT2D eigenvalue weighted by atomic mass is 32.2. The Bertz CT molecular complexity index is 905. The van der Waals surface area contributed by atoms with Crippen molar-refractivity contribution in [1.82, 2.24) is 0 Å². The zero-order valence-electron chi connectivity index (χ0n) is 16.7. The Kier molecular flexibility index (Phi) is 5.14. The number of hydrogen-bond acceptors (Lipinski definition) is 5. The van der Waals surface area contributed by atoms with Crippen LogP contribution in [0.4, 0.5) is 5.69 Å². The summed E-state index contributed by atoms with van der Waals surface area (Å²) in [6, 6.07) is 14.9. The van der Waals surface area contributed by atoms with Crippen LogP contribution in [0.25, 0.3) is 0 Å². The van der Waals surface area contributed by atoms with Gasteiger partial charge in [0.25, 0.3) is 0 Å². The summed E-state index contributed by atoms with van der Waals surface area (Å²) in [6.07, 6.45) is 3.22. The second-order valence-corrected chi connectivity index (χ2v) is 10.6. The molecule has 0 atom stereocenters. The SMILES string of the molecule is CC1(C)OB(c2ccc(Oc3ccc(N=S(C)(C)=O)cc3)cc2)OC1(C)C. The Morgan fingerprint density at radius 1 is 0.852 bits per heavy atom. The molecule has 27 heavy (non-hydrogen) atoms. The first-order valence-electron chi connectivity index (χ1n) is 8.86. The standard InChI is InChI=1S/C20H26BNO4S/c1-19(2)20(3,4)26-21(25-19)15-7-11-17(12-8-15)24-18-13-9-16(10-14-18)22-27(5,6)23/h7-14H,1-6H3. The van der Waals surface area contributed by atoms with Gasteiger partial charge in [0.15, 0.2) is 0 Å². The van der Waals surface area contributed by atoms with Gasteiger partial charge >= 0.3 is 7.12 Å². The third kappa shape index (κ3) is 4.72. The average Bonchev–Trinajstić information content (AvgIpc) is 2.77. The Morgan fingerprint density at radius 3 is 1.74 bits per heavy atom. The quantitative estimate of drug-likeness (QED) is 0.740. The van der Waals surface area contributed by atoms with E-state index in [2.05, 4.69) is 4.36 Å². The average molecular weight is 387 g/mol. The topological polar surface area (TPSA) is 57.1 Å². The van der Waals surface area contributed by atoms with Crippen LogP contribution in [-0.2, 0) is 19.0 Å². The molecule has 1 aliphatic rings. The highest BCUT2D eigenvalue weighted by Gasteiger charge is 2.51. The van der Waals surface area contributed by atoms with Crippen molar-refractivity contribution >= 4 is 28.0 Å². The van der Waals surface area contributed by atoms with Gasteiger partial charge in [0.1, 0.15) is 11.5 Å². The zero-order chi connectivity index (χ0) is 19.9. The molecule has 5 nitrogen and oxygen atoms in total. The predicted octanol–water partition coefficient (Wildman–Crippen LogP) is 4.14. The maximum Gasteiger partial charge on any atom is 0.494 e. The predicted molar refractivity (Wildman–Crippen MR) is 111 cm³/mol. The molecule has 1 saturated heterocycles. The normalized spacial score (nSPS) is 18.4. The minimum Gasteiger partial charge on any atom is -0.457 e. The van der Waals surface area contributed by atoms with Crippen LogP contribution in [0.1, 0.15) is 27.7 Å². The van der Waals surface area contributed by atoms with Gasteiger partial charge in [0.05, 0.1) is 16.9 Å². The van der Waals surface area contributed by atoms with Crippen molar-refractivity contribution in [3.63, 3.8) is 0 Å². The maximum atomic E-state index is 11.7. The monoisotopic (exact) mass is 387 g/mol. The van der Waals surface area contributed by atoms with E-state index in [1.54, 1.807) is 24.6 Å². The van der Waals surface area contributed by atoms with E-state index in [-0.39, 0.29) is 18.3 Å². The van der Waals surface area contributed by atoms with E-state index in [1.807, 2.05) is 64.1 Å². The third-order valence-electron chi connectivity index (χ3n) is 4.80. The molecule has 1 fully saturated rings. The van der Waals surface area contributed by atoms with Gasteiger partial charge in [-0.3, -0.25) is 0 Å². The summed E-state index contributed by atoms with van der Waals surface area (Å²) in [5.74, 6) is 1.41. The fraction of sp³-hybridized carbons (Fsp3) is 0.400. The summed E-state index contributed by atoms with van der Waals surface area (Å²) in [5, 5.41) is 0. The second kappa shape index (κ2) is 6.97. The molecule has 0 aromatic heterocycles. The van der Waals surface area contributed by atoms with Gasteiger partial charge in [-0.2, -0.15) is 4.36 Å². The molecule has 0 aliphatic carbocycles. The molecule has 0 bridgehead atoms. The summed E-state index contributed by atoms with van der Waals surface area (Å²) in [5.41, 5.74) is 0.907. The van der Waals surface area contributed by atoms with Crippen LogP contribution < -0.4 is 10.2 Å². The first kappa shape index (κ1) is 19.9. The Hall–Kier alpha value is -1.83. The number of ether oxygens (including phenoxy) is 1. The molecule has 2 aromatic carbocycles. The highest BCUT2D eigenvalue weighted by molar-refractivity contribution is 7.92. The van der Waals surface area contributed by atoms with Crippen LogP contribution in [-0.4, -0.2) is 35.0 Å². The van der Waals surface area contributed by atoms with Crippen LogP contribution in [0, 0.1) is 0 Å². The lowest BCUT2D eigenvalue weighted by molar-refractivity contribution is 0.00578. The van der Waals surface area contributed by atoms with E-state index in [1.165, 1.54) is 0 Å². The Morgan fingerprint density at radius 2 is 1.30 bits per heavy atom. The molecule has 0 spiro atoms. The van der Waals surface area contributed by atoms with Crippen LogP contribution in [0.2, 0.25) is 0 Å². The molecule has 0 radical (unpaired) electrons. The molecular formula is C20H26BNO4S. The fourth-order valence-corrected chi connectivity index (χ4v) is 3.27. The van der Waals surface area contributed by atoms with Crippen molar-refractivity contribution in [2.45, 2.75) is 38.9 Å². The number of nitrogens with zero attached hydrogens (tertiary/aromatic N) is 1. The van der Waals surface area contributed by atoms with Gasteiger partial charge in [-0.1, -0.05) is 12.1 Å². The fourth-order valence-electron chi connectivity index (χ4n) is 2.64. The van der Waals surface area contributed by atoms with Gasteiger partial charge < -0.3 is 14.0 Å². The molecule has 0 amide bonds. The van der Waals surface area contributed by atoms with Gasteiger partial charge in [0, 0.05) is 22.2 Å². The van der Waals surface area contributed by atoms with Gasteiger partial charge in [0.2, 0.25) is 0 Å². The molecule has 144 valence electrons. The van der Waals surface area contributed by atoms with Gasteiger partial charge in [-0.05, 0) is 69.6 Å². The van der Waals surface area contributed by atoms with E-state index in [9.17, 15) is 4.21 Å². The van der Waals surface area contributed by atoms with Crippen molar-refractivity contribution in [3.8, 4) is 11.5 Å². The van der Waals surface area contributed by atoms with Crippen LogP contribution in [0.5, 0.6) is 11.5 Å². The summed E-state index contributed by atoms with van der Waals surface area (Å²) >= 11 is 0. The summed E-state index contributed by atoms with van der Waals surface area (Å²) in [6.45, 7) is 8.15. The van der Waals surface area contributed by atoms with Crippen molar-refractivity contribution in [2.24, 2.45) is 4.36 Å². The molecular weight excluding hydrogens is 361 g/mol. The van der Waals surface area contributed by atoms with Gasteiger partial charge in [-0.25, -0.2) is 4.21 Å². The first-order valence-corrected chi connectivity index (χ1v) is 11.2. The van der Waals surface area contributed by atoms with E-state index in [0.29, 0.717) is 11.4 Å². The third-order valence-corrected chi connectivity index (χ3v) is 5.45. The van der Waals surface area contributed by atoms with E-state index >= 15 is 0 Å². The molecule has 2 aromatic rings. The van der Waals surface area contributed by atoms with Gasteiger partial charge in [-0.15, -0.1) is 0 Å². The maximum absolute atomic E-state index is 11.7. The van der Waals surface area contributed by atoms with Crippen LogP contribution in [0.3, 0.4) is 0 Å².